The molecule has 2 N–H and O–H groups in total. The van der Waals surface area contributed by atoms with Crippen molar-refractivity contribution >= 4 is 11.5 Å². The fraction of sp³-hybridized carbons (Fsp3) is 0.182. The molecule has 1 aromatic carbocycles. The number of nitro groups is 1. The van der Waals surface area contributed by atoms with Gasteiger partial charge in [-0.3, -0.25) is 14.8 Å². The van der Waals surface area contributed by atoms with Crippen molar-refractivity contribution in [1.82, 2.24) is 9.78 Å². The third kappa shape index (κ3) is 1.69. The van der Waals surface area contributed by atoms with Gasteiger partial charge in [0.1, 0.15) is 17.2 Å². The van der Waals surface area contributed by atoms with E-state index < -0.39 is 10.7 Å². The van der Waals surface area contributed by atoms with Gasteiger partial charge in [-0.15, -0.1) is 0 Å². The van der Waals surface area contributed by atoms with E-state index in [1.165, 1.54) is 16.8 Å². The average molecular weight is 250 g/mol. The van der Waals surface area contributed by atoms with E-state index in [9.17, 15) is 14.5 Å². The van der Waals surface area contributed by atoms with Gasteiger partial charge in [0.05, 0.1) is 16.2 Å². The highest BCUT2D eigenvalue weighted by molar-refractivity contribution is 5.83. The summed E-state index contributed by atoms with van der Waals surface area (Å²) >= 11 is 0. The van der Waals surface area contributed by atoms with Gasteiger partial charge in [0.2, 0.25) is 0 Å². The SMILES string of the molecule is Cc1nn(C)c(N)c1-c1c(F)cccc1[N+](=O)[O-]. The lowest BCUT2D eigenvalue weighted by Crippen LogP contribution is -2.00. The molecule has 0 radical (unpaired) electrons. The van der Waals surface area contributed by atoms with Gasteiger partial charge in [-0.05, 0) is 13.0 Å². The van der Waals surface area contributed by atoms with Crippen LogP contribution in [0.1, 0.15) is 5.69 Å². The number of nitrogen functional groups attached to an aromatic ring is 1. The molecule has 0 amide bonds. The van der Waals surface area contributed by atoms with Crippen molar-refractivity contribution in [2.45, 2.75) is 6.92 Å². The number of benzene rings is 1. The van der Waals surface area contributed by atoms with Gasteiger partial charge in [-0.25, -0.2) is 4.39 Å². The first-order chi connectivity index (χ1) is 8.43. The van der Waals surface area contributed by atoms with Gasteiger partial charge in [0.25, 0.3) is 5.69 Å². The van der Waals surface area contributed by atoms with E-state index in [1.807, 2.05) is 0 Å². The topological polar surface area (TPSA) is 87.0 Å². The fourth-order valence-electron chi connectivity index (χ4n) is 1.90. The molecule has 1 aromatic heterocycles. The predicted molar refractivity (Wildman–Crippen MR) is 64.4 cm³/mol. The number of rotatable bonds is 2. The molecule has 0 aliphatic carbocycles. The van der Waals surface area contributed by atoms with Crippen molar-refractivity contribution in [3.8, 4) is 11.1 Å². The largest absolute Gasteiger partial charge is 0.383 e. The van der Waals surface area contributed by atoms with Crippen LogP contribution in [0.2, 0.25) is 0 Å². The van der Waals surface area contributed by atoms with Crippen LogP contribution in [0, 0.1) is 22.9 Å². The predicted octanol–water partition coefficient (Wildman–Crippen LogP) is 2.03. The minimum Gasteiger partial charge on any atom is -0.383 e. The van der Waals surface area contributed by atoms with Crippen LogP contribution in [0.4, 0.5) is 15.9 Å². The quantitative estimate of drug-likeness (QED) is 0.652. The van der Waals surface area contributed by atoms with Gasteiger partial charge in [-0.2, -0.15) is 5.10 Å². The lowest BCUT2D eigenvalue weighted by atomic mass is 10.0. The van der Waals surface area contributed by atoms with Crippen LogP contribution in [0.15, 0.2) is 18.2 Å². The Hall–Kier alpha value is -2.44. The summed E-state index contributed by atoms with van der Waals surface area (Å²) in [4.78, 5) is 10.3. The second-order valence-corrected chi connectivity index (χ2v) is 3.86. The Labute approximate surface area is 102 Å². The van der Waals surface area contributed by atoms with Crippen LogP contribution in [0.5, 0.6) is 0 Å². The molecule has 1 heterocycles. The normalized spacial score (nSPS) is 10.6. The molecule has 0 saturated carbocycles. The summed E-state index contributed by atoms with van der Waals surface area (Å²) in [5.74, 6) is -0.493. The Morgan fingerprint density at radius 1 is 1.44 bits per heavy atom. The Kier molecular flexibility index (Phi) is 2.74. The van der Waals surface area contributed by atoms with E-state index >= 15 is 0 Å². The molecule has 0 spiro atoms. The van der Waals surface area contributed by atoms with E-state index in [-0.39, 0.29) is 22.6 Å². The van der Waals surface area contributed by atoms with Crippen LogP contribution in [-0.4, -0.2) is 14.7 Å². The zero-order valence-corrected chi connectivity index (χ0v) is 9.85. The standard InChI is InChI=1S/C11H11FN4O2/c1-6-9(11(13)15(2)14-6)10-7(12)4-3-5-8(10)16(17)18/h3-5H,13H2,1-2H3. The minimum atomic E-state index is -0.688. The van der Waals surface area contributed by atoms with Gasteiger partial charge >= 0.3 is 0 Å². The first-order valence-electron chi connectivity index (χ1n) is 5.15. The first-order valence-corrected chi connectivity index (χ1v) is 5.15. The molecule has 0 atom stereocenters. The highest BCUT2D eigenvalue weighted by Crippen LogP contribution is 2.37. The van der Waals surface area contributed by atoms with E-state index in [4.69, 9.17) is 5.73 Å². The van der Waals surface area contributed by atoms with Gasteiger partial charge in [0, 0.05) is 13.1 Å². The zero-order valence-electron chi connectivity index (χ0n) is 9.85. The lowest BCUT2D eigenvalue weighted by Gasteiger charge is -2.04. The second-order valence-electron chi connectivity index (χ2n) is 3.86. The maximum Gasteiger partial charge on any atom is 0.280 e. The summed E-state index contributed by atoms with van der Waals surface area (Å²) in [6.45, 7) is 1.63. The molecule has 0 bridgehead atoms. The van der Waals surface area contributed by atoms with Crippen molar-refractivity contribution in [1.29, 1.82) is 0 Å². The maximum atomic E-state index is 13.9. The summed E-state index contributed by atoms with van der Waals surface area (Å²) in [6, 6.07) is 3.69. The van der Waals surface area contributed by atoms with Crippen molar-refractivity contribution in [3.63, 3.8) is 0 Å². The fourth-order valence-corrected chi connectivity index (χ4v) is 1.90. The summed E-state index contributed by atoms with van der Waals surface area (Å²) in [5, 5.41) is 15.0. The molecule has 2 aromatic rings. The van der Waals surface area contributed by atoms with Gasteiger partial charge < -0.3 is 5.73 Å². The molecule has 0 fully saturated rings. The van der Waals surface area contributed by atoms with Crippen LogP contribution in [0.3, 0.4) is 0 Å². The van der Waals surface area contributed by atoms with Crippen molar-refractivity contribution in [3.05, 3.63) is 39.8 Å². The molecular formula is C11H11FN4O2. The Balaban J connectivity index is 2.82. The number of aryl methyl sites for hydroxylation is 2. The Morgan fingerprint density at radius 2 is 2.11 bits per heavy atom. The summed E-state index contributed by atoms with van der Waals surface area (Å²) < 4.78 is 15.2. The van der Waals surface area contributed by atoms with Gasteiger partial charge in [0.15, 0.2) is 0 Å². The van der Waals surface area contributed by atoms with Crippen molar-refractivity contribution in [2.24, 2.45) is 7.05 Å². The van der Waals surface area contributed by atoms with Crippen LogP contribution < -0.4 is 5.73 Å². The Bertz CT molecular complexity index is 636. The highest BCUT2D eigenvalue weighted by atomic mass is 19.1. The highest BCUT2D eigenvalue weighted by Gasteiger charge is 2.25. The monoisotopic (exact) mass is 250 g/mol. The number of nitrogens with two attached hydrogens (primary N) is 1. The number of nitrogens with zero attached hydrogens (tertiary/aromatic N) is 3. The van der Waals surface area contributed by atoms with Crippen molar-refractivity contribution < 1.29 is 9.31 Å². The van der Waals surface area contributed by atoms with Crippen LogP contribution >= 0.6 is 0 Å². The van der Waals surface area contributed by atoms with Crippen LogP contribution in [-0.2, 0) is 7.05 Å². The average Bonchev–Trinajstić information content (AvgIpc) is 2.54. The van der Waals surface area contributed by atoms with E-state index in [2.05, 4.69) is 5.10 Å². The molecule has 0 aliphatic heterocycles. The smallest absolute Gasteiger partial charge is 0.280 e. The minimum absolute atomic E-state index is 0.120. The maximum absolute atomic E-state index is 13.9. The lowest BCUT2D eigenvalue weighted by molar-refractivity contribution is -0.384. The second kappa shape index (κ2) is 4.10. The first kappa shape index (κ1) is 12.0. The molecule has 6 nitrogen and oxygen atoms in total. The van der Waals surface area contributed by atoms with E-state index in [0.29, 0.717) is 5.69 Å². The molecule has 7 heteroatoms. The number of hydrogen-bond acceptors (Lipinski definition) is 4. The number of nitro benzene ring substituents is 1. The van der Waals surface area contributed by atoms with Gasteiger partial charge in [-0.1, -0.05) is 6.07 Å². The summed E-state index contributed by atoms with van der Waals surface area (Å²) in [6.07, 6.45) is 0. The molecule has 2 rings (SSSR count). The molecule has 94 valence electrons. The molecule has 0 saturated heterocycles. The van der Waals surface area contributed by atoms with E-state index in [1.54, 1.807) is 14.0 Å². The number of anilines is 1. The Morgan fingerprint density at radius 3 is 2.61 bits per heavy atom. The zero-order chi connectivity index (χ0) is 13.4. The number of aromatic nitrogens is 2. The third-order valence-corrected chi connectivity index (χ3v) is 2.70. The number of hydrogen-bond donors (Lipinski definition) is 1. The molecule has 0 unspecified atom stereocenters. The molecular weight excluding hydrogens is 239 g/mol. The van der Waals surface area contributed by atoms with Crippen molar-refractivity contribution in [2.75, 3.05) is 5.73 Å². The summed E-state index contributed by atoms with van der Waals surface area (Å²) in [5.41, 5.74) is 6.06. The van der Waals surface area contributed by atoms with Crippen LogP contribution in [0.25, 0.3) is 11.1 Å². The number of halogens is 1. The molecule has 18 heavy (non-hydrogen) atoms. The molecule has 0 aliphatic rings. The summed E-state index contributed by atoms with van der Waals surface area (Å²) in [7, 11) is 1.60. The van der Waals surface area contributed by atoms with E-state index in [0.717, 1.165) is 6.07 Å². The third-order valence-electron chi connectivity index (χ3n) is 2.70.